The van der Waals surface area contributed by atoms with Crippen molar-refractivity contribution in [3.05, 3.63) is 10.4 Å². The van der Waals surface area contributed by atoms with Crippen molar-refractivity contribution in [1.82, 2.24) is 9.97 Å². The van der Waals surface area contributed by atoms with Crippen molar-refractivity contribution in [1.29, 1.82) is 0 Å². The van der Waals surface area contributed by atoms with Crippen molar-refractivity contribution in [2.75, 3.05) is 22.9 Å². The quantitative estimate of drug-likeness (QED) is 0.180. The van der Waals surface area contributed by atoms with Crippen LogP contribution < -0.4 is 21.9 Å². The van der Waals surface area contributed by atoms with Crippen LogP contribution in [0.4, 0.5) is 30.6 Å². The SMILES string of the molecule is C[C@H](O)[C@H](O)[C@H]1CN[13c]2[15n]c([15NH2])[15nH]c(=O)c2N1.O=S(=O)(O)C(F)(F)F. The maximum absolute atomic E-state index is 11.6. The molecule has 25 heavy (non-hydrogen) atoms. The monoisotopic (exact) mass is 395 g/mol. The zero-order chi connectivity index (χ0) is 19.6. The number of aromatic amines is 1. The summed E-state index contributed by atoms with van der Waals surface area (Å²) in [6.45, 7) is 1.82. The summed E-state index contributed by atoms with van der Waals surface area (Å²) in [5.74, 6) is 0.373. The van der Waals surface area contributed by atoms with E-state index >= 15 is 0 Å². The van der Waals surface area contributed by atoms with E-state index in [1.54, 1.807) is 0 Å². The second kappa shape index (κ2) is 7.42. The van der Waals surface area contributed by atoms with Gasteiger partial charge in [-0.25, -0.2) is 0 Å². The summed E-state index contributed by atoms with van der Waals surface area (Å²) in [6.07, 6.45) is -1.87. The van der Waals surface area contributed by atoms with Crippen molar-refractivity contribution >= 4 is 27.6 Å². The van der Waals surface area contributed by atoms with Crippen LogP contribution in [0.15, 0.2) is 4.79 Å². The molecular weight excluding hydrogens is 379 g/mol. The number of nitrogens with one attached hydrogen (secondary N) is 3. The fourth-order valence-electron chi connectivity index (χ4n) is 1.74. The van der Waals surface area contributed by atoms with Gasteiger partial charge in [0.2, 0.25) is 5.95 Å². The number of aliphatic hydroxyl groups excluding tert-OH is 2. The predicted molar refractivity (Wildman–Crippen MR) is 80.5 cm³/mol. The number of aliphatic hydroxyl groups is 2. The second-order valence-electron chi connectivity index (χ2n) is 4.96. The lowest BCUT2D eigenvalue weighted by molar-refractivity contribution is -0.0510. The molecule has 15 heteroatoms. The van der Waals surface area contributed by atoms with Crippen LogP contribution in [0.3, 0.4) is 0 Å². The van der Waals surface area contributed by atoms with Gasteiger partial charge in [-0.3, -0.25) is 14.3 Å². The highest BCUT2D eigenvalue weighted by Crippen LogP contribution is 2.22. The Labute approximate surface area is 138 Å². The number of nitrogens with zero attached hydrogens (tertiary/aromatic N) is 1. The lowest BCUT2D eigenvalue weighted by atomic mass is 10.1. The predicted octanol–water partition coefficient (Wildman–Crippen LogP) is -1.31. The number of hydrogen-bond donors (Lipinski definition) is 7. The number of fused-ring (bicyclic) bond motifs is 1. The van der Waals surface area contributed by atoms with Crippen molar-refractivity contribution in [3.63, 3.8) is 0 Å². The van der Waals surface area contributed by atoms with Crippen LogP contribution in [0.2, 0.25) is 0 Å². The number of anilines is 3. The number of nitrogens with two attached hydrogens (primary N) is 1. The van der Waals surface area contributed by atoms with Gasteiger partial charge in [0.25, 0.3) is 5.56 Å². The molecule has 2 rings (SSSR count). The molecule has 0 amide bonds. The summed E-state index contributed by atoms with van der Waals surface area (Å²) < 4.78 is 57.5. The molecule has 0 unspecified atom stereocenters. The normalized spacial score (nSPS) is 19.4. The van der Waals surface area contributed by atoms with Gasteiger partial charge in [0.05, 0.1) is 12.1 Å². The van der Waals surface area contributed by atoms with E-state index in [1.165, 1.54) is 6.92 Å². The Morgan fingerprint density at radius 2 is 1.88 bits per heavy atom. The van der Waals surface area contributed by atoms with Gasteiger partial charge >= 0.3 is 15.6 Å². The van der Waals surface area contributed by atoms with Gasteiger partial charge in [-0.05, 0) is 6.92 Å². The van der Waals surface area contributed by atoms with E-state index in [0.717, 1.165) is 0 Å². The highest BCUT2D eigenvalue weighted by Gasteiger charge is 2.44. The first kappa shape index (κ1) is 20.9. The van der Waals surface area contributed by atoms with Gasteiger partial charge in [0.15, 0.2) is 5.82 Å². The summed E-state index contributed by atoms with van der Waals surface area (Å²) in [7, 11) is -5.84. The van der Waals surface area contributed by atoms with Gasteiger partial charge in [-0.1, -0.05) is 0 Å². The summed E-state index contributed by atoms with van der Waals surface area (Å²) in [5, 5.41) is 24.7. The zero-order valence-corrected chi connectivity index (χ0v) is 13.4. The van der Waals surface area contributed by atoms with Crippen LogP contribution in [0.25, 0.3) is 0 Å². The largest absolute Gasteiger partial charge is 0.522 e. The Balaban J connectivity index is 0.000000333. The maximum Gasteiger partial charge on any atom is 0.522 e. The first-order valence-electron chi connectivity index (χ1n) is 6.54. The van der Waals surface area contributed by atoms with E-state index in [-0.39, 0.29) is 11.6 Å². The van der Waals surface area contributed by atoms with Crippen molar-refractivity contribution < 1.29 is 36.4 Å². The minimum Gasteiger partial charge on any atom is -0.391 e. The molecule has 1 aliphatic heterocycles. The van der Waals surface area contributed by atoms with Gasteiger partial charge in [0, 0.05) is 6.54 Å². The molecule has 3 atom stereocenters. The number of rotatable bonds is 2. The average Bonchev–Trinajstić information content (AvgIpc) is 2.44. The third kappa shape index (κ3) is 5.45. The molecule has 0 radical (unpaired) electrons. The summed E-state index contributed by atoms with van der Waals surface area (Å²) in [5.41, 5.74) is -0.330. The standard InChI is InChI=1S/C9H15N5O3.CHF3O3S/c1-3(15)6(16)4-2-11-7-5(12-4)8(17)14-9(10)13-7;2-1(3,4)8(5,6)7/h3-4,6,12,15-16H,2H2,1H3,(H4,10,11,13,14,17);(H,5,6,7)/t3-,4+,6-;/m0./s1/i7+1,10+1,13+1,14+1;. The summed E-state index contributed by atoms with van der Waals surface area (Å²) in [6, 6.07) is -0.464. The van der Waals surface area contributed by atoms with Gasteiger partial charge in [0.1, 0.15) is 11.8 Å². The molecule has 1 aromatic heterocycles. The van der Waals surface area contributed by atoms with Crippen LogP contribution in [0.5, 0.6) is 0 Å². The highest BCUT2D eigenvalue weighted by atomic mass is 32.2. The van der Waals surface area contributed by atoms with Gasteiger partial charge in [-0.2, -0.15) is 26.6 Å². The number of aromatic nitrogens is 2. The average molecular weight is 395 g/mol. The molecule has 1 aromatic rings. The molecule has 0 spiro atoms. The minimum atomic E-state index is -5.84. The number of halogens is 3. The van der Waals surface area contributed by atoms with Crippen LogP contribution in [0.1, 0.15) is 6.92 Å². The third-order valence-electron chi connectivity index (χ3n) is 2.96. The molecule has 0 saturated heterocycles. The fourth-order valence-corrected chi connectivity index (χ4v) is 1.74. The van der Waals surface area contributed by atoms with Crippen LogP contribution in [0, 0.1) is 0 Å². The smallest absolute Gasteiger partial charge is 0.391 e. The van der Waals surface area contributed by atoms with E-state index in [2.05, 4.69) is 20.6 Å². The fraction of sp³-hybridized carbons (Fsp3) is 0.600. The van der Waals surface area contributed by atoms with E-state index in [9.17, 15) is 28.2 Å². The van der Waals surface area contributed by atoms with E-state index in [0.29, 0.717) is 12.4 Å². The van der Waals surface area contributed by atoms with E-state index in [1.807, 2.05) is 0 Å². The van der Waals surface area contributed by atoms with E-state index in [4.69, 9.17) is 18.7 Å². The lowest BCUT2D eigenvalue weighted by Gasteiger charge is -2.31. The molecular formula is C10H16F3N5O6S. The Morgan fingerprint density at radius 3 is 2.32 bits per heavy atom. The second-order valence-corrected chi connectivity index (χ2v) is 6.37. The molecule has 11 nitrogen and oxygen atoms in total. The minimum absolute atomic E-state index is 0.0255. The molecule has 0 aromatic carbocycles. The lowest BCUT2D eigenvalue weighted by Crippen LogP contribution is -2.48. The molecule has 2 heterocycles. The van der Waals surface area contributed by atoms with E-state index < -0.39 is 39.4 Å². The molecule has 0 saturated carbocycles. The number of H-pyrrole nitrogens is 1. The van der Waals surface area contributed by atoms with Crippen LogP contribution in [-0.2, 0) is 10.1 Å². The zero-order valence-electron chi connectivity index (χ0n) is 12.6. The van der Waals surface area contributed by atoms with Crippen LogP contribution >= 0.6 is 0 Å². The van der Waals surface area contributed by atoms with Crippen molar-refractivity contribution in [2.45, 2.75) is 30.7 Å². The van der Waals surface area contributed by atoms with Crippen molar-refractivity contribution in [2.24, 2.45) is 0 Å². The number of nitrogen functional groups attached to an aromatic ring is 1. The summed E-state index contributed by atoms with van der Waals surface area (Å²) in [4.78, 5) is 17.9. The molecule has 0 bridgehead atoms. The van der Waals surface area contributed by atoms with Gasteiger partial charge in [-0.15, -0.1) is 0 Å². The first-order chi connectivity index (χ1) is 11.2. The maximum atomic E-state index is 11.6. The molecule has 0 fully saturated rings. The first-order valence-corrected chi connectivity index (χ1v) is 7.98. The molecule has 144 valence electrons. The molecule has 0 aliphatic carbocycles. The Hall–Kier alpha value is -2.10. The third-order valence-corrected chi connectivity index (χ3v) is 3.54. The highest BCUT2D eigenvalue weighted by molar-refractivity contribution is 7.86. The number of alkyl halides is 3. The molecule has 8 N–H and O–H groups in total. The van der Waals surface area contributed by atoms with Crippen LogP contribution in [-0.4, -0.2) is 63.5 Å². The topological polar surface area (TPSA) is 191 Å². The Bertz CT molecular complexity index is 765. The number of hydrogen-bond acceptors (Lipinski definition) is 9. The molecule has 1 aliphatic rings. The van der Waals surface area contributed by atoms with Gasteiger partial charge < -0.3 is 26.6 Å². The Kier molecular flexibility index (Phi) is 6.22. The summed E-state index contributed by atoms with van der Waals surface area (Å²) >= 11 is 0. The van der Waals surface area contributed by atoms with Crippen molar-refractivity contribution in [3.8, 4) is 0 Å². The Morgan fingerprint density at radius 1 is 1.36 bits per heavy atom.